The predicted octanol–water partition coefficient (Wildman–Crippen LogP) is 7.21. The van der Waals surface area contributed by atoms with Gasteiger partial charge < -0.3 is 28.4 Å². The quantitative estimate of drug-likeness (QED) is 0.122. The van der Waals surface area contributed by atoms with E-state index in [1.807, 2.05) is 0 Å². The minimum atomic E-state index is -1.40. The van der Waals surface area contributed by atoms with Gasteiger partial charge in [0.2, 0.25) is 0 Å². The van der Waals surface area contributed by atoms with Crippen LogP contribution in [0.25, 0.3) is 0 Å². The second-order valence-corrected chi connectivity index (χ2v) is 17.8. The molecule has 0 aromatic heterocycles. The summed E-state index contributed by atoms with van der Waals surface area (Å²) in [5.41, 5.74) is 1.86. The van der Waals surface area contributed by atoms with Crippen molar-refractivity contribution in [3.8, 4) is 0 Å². The molecule has 0 radical (unpaired) electrons. The van der Waals surface area contributed by atoms with E-state index >= 15 is 0 Å². The van der Waals surface area contributed by atoms with Crippen LogP contribution in [0.4, 0.5) is 4.79 Å². The zero-order valence-electron chi connectivity index (χ0n) is 34.0. The van der Waals surface area contributed by atoms with E-state index in [-0.39, 0.29) is 18.1 Å². The van der Waals surface area contributed by atoms with Gasteiger partial charge in [-0.05, 0) is 91.3 Å². The average Bonchev–Trinajstić information content (AvgIpc) is 3.43. The number of fused-ring (bicyclic) bond motifs is 5. The van der Waals surface area contributed by atoms with Crippen LogP contribution in [0.15, 0.2) is 11.6 Å². The lowest BCUT2D eigenvalue weighted by molar-refractivity contribution is -0.256. The van der Waals surface area contributed by atoms with Crippen molar-refractivity contribution in [1.82, 2.24) is 5.32 Å². The number of rotatable bonds is 12. The summed E-state index contributed by atoms with van der Waals surface area (Å²) in [6.45, 7) is 16.5. The van der Waals surface area contributed by atoms with Gasteiger partial charge in [0, 0.05) is 34.1 Å². The number of amides is 1. The van der Waals surface area contributed by atoms with Gasteiger partial charge in [0.05, 0.1) is 0 Å². The molecule has 13 atom stereocenters. The first kappa shape index (κ1) is 42.0. The van der Waals surface area contributed by atoms with Crippen LogP contribution >= 0.6 is 0 Å². The van der Waals surface area contributed by atoms with Crippen LogP contribution in [0.5, 0.6) is 0 Å². The lowest BCUT2D eigenvalue weighted by atomic mass is 9.47. The van der Waals surface area contributed by atoms with E-state index < -0.39 is 60.6 Å². The number of allylic oxidation sites excluding steroid dienone is 1. The molecule has 4 aliphatic carbocycles. The first-order chi connectivity index (χ1) is 25.4. The molecule has 0 aromatic carbocycles. The van der Waals surface area contributed by atoms with Gasteiger partial charge >= 0.3 is 30.0 Å². The standard InChI is InChI=1S/C42H65NO11/c1-23(2)11-10-12-24(3)32-15-16-33-31-14-13-29-21-30(17-19-41(29,8)34(31)18-20-42(32,33)9)53-40(48)43-39-38(52-28(7)47)37(51-27(6)46)36(50-26(5)45)35(54-39)22-49-25(4)44/h13,23-24,30-39H,10-12,14-22H2,1-9H3,(H,43,48)/t24-,30+,31+,32-,33+,34+,35-,36-,37+,38-,39-,41+,42-/m1/s1. The normalized spacial score (nSPS) is 37.7. The maximum absolute atomic E-state index is 13.5. The topological polar surface area (TPSA) is 153 Å². The fourth-order valence-corrected chi connectivity index (χ4v) is 11.4. The number of nitrogens with one attached hydrogen (secondary N) is 1. The van der Waals surface area contributed by atoms with Gasteiger partial charge in [0.25, 0.3) is 0 Å². The molecule has 1 N–H and O–H groups in total. The van der Waals surface area contributed by atoms with Crippen LogP contribution in [0.1, 0.15) is 133 Å². The van der Waals surface area contributed by atoms with E-state index in [9.17, 15) is 24.0 Å². The summed E-state index contributed by atoms with van der Waals surface area (Å²) < 4.78 is 33.6. The molecule has 1 aliphatic heterocycles. The smallest absolute Gasteiger partial charge is 0.409 e. The zero-order chi connectivity index (χ0) is 39.5. The van der Waals surface area contributed by atoms with E-state index in [1.165, 1.54) is 57.4 Å². The molecular weight excluding hydrogens is 694 g/mol. The second-order valence-electron chi connectivity index (χ2n) is 17.8. The first-order valence-electron chi connectivity index (χ1n) is 20.4. The van der Waals surface area contributed by atoms with Gasteiger partial charge in [-0.15, -0.1) is 0 Å². The maximum Gasteiger partial charge on any atom is 0.409 e. The summed E-state index contributed by atoms with van der Waals surface area (Å²) in [5.74, 6) is 1.55. The second kappa shape index (κ2) is 17.3. The van der Waals surface area contributed by atoms with Gasteiger partial charge in [-0.1, -0.05) is 65.5 Å². The predicted molar refractivity (Wildman–Crippen MR) is 198 cm³/mol. The summed E-state index contributed by atoms with van der Waals surface area (Å²) >= 11 is 0. The Morgan fingerprint density at radius 1 is 0.796 bits per heavy atom. The third-order valence-corrected chi connectivity index (χ3v) is 13.8. The Morgan fingerprint density at radius 3 is 2.11 bits per heavy atom. The van der Waals surface area contributed by atoms with Crippen molar-refractivity contribution >= 4 is 30.0 Å². The highest BCUT2D eigenvalue weighted by atomic mass is 16.7. The third kappa shape index (κ3) is 9.27. The Balaban J connectivity index is 1.26. The Kier molecular flexibility index (Phi) is 13.5. The molecule has 1 amide bonds. The number of esters is 4. The number of ether oxygens (including phenoxy) is 6. The molecule has 0 spiro atoms. The highest BCUT2D eigenvalue weighted by Crippen LogP contribution is 2.67. The van der Waals surface area contributed by atoms with Crippen molar-refractivity contribution in [3.05, 3.63) is 11.6 Å². The summed E-state index contributed by atoms with van der Waals surface area (Å²) in [5, 5.41) is 2.65. The van der Waals surface area contributed by atoms with Gasteiger partial charge in [-0.3, -0.25) is 24.5 Å². The molecule has 54 heavy (non-hydrogen) atoms. The number of carbonyl (C=O) groups is 5. The molecule has 5 aliphatic rings. The molecule has 304 valence electrons. The minimum Gasteiger partial charge on any atom is -0.463 e. The minimum absolute atomic E-state index is 0.0708. The summed E-state index contributed by atoms with van der Waals surface area (Å²) in [6.07, 6.45) is 7.19. The molecule has 12 heteroatoms. The molecule has 4 fully saturated rings. The average molecular weight is 760 g/mol. The third-order valence-electron chi connectivity index (χ3n) is 13.8. The van der Waals surface area contributed by atoms with Crippen molar-refractivity contribution in [1.29, 1.82) is 0 Å². The molecule has 0 aromatic rings. The van der Waals surface area contributed by atoms with Crippen molar-refractivity contribution in [3.63, 3.8) is 0 Å². The van der Waals surface area contributed by atoms with E-state index in [1.54, 1.807) is 0 Å². The van der Waals surface area contributed by atoms with Crippen molar-refractivity contribution in [2.45, 2.75) is 170 Å². The molecule has 0 bridgehead atoms. The van der Waals surface area contributed by atoms with Crippen LogP contribution < -0.4 is 5.32 Å². The highest BCUT2D eigenvalue weighted by molar-refractivity contribution is 5.70. The molecule has 5 rings (SSSR count). The van der Waals surface area contributed by atoms with E-state index in [4.69, 9.17) is 28.4 Å². The summed E-state index contributed by atoms with van der Waals surface area (Å²) in [6, 6.07) is 0. The van der Waals surface area contributed by atoms with Crippen LogP contribution in [-0.2, 0) is 47.6 Å². The van der Waals surface area contributed by atoms with E-state index in [0.717, 1.165) is 57.3 Å². The maximum atomic E-state index is 13.5. The number of hydrogen-bond donors (Lipinski definition) is 1. The molecule has 1 heterocycles. The number of alkyl carbamates (subject to hydrolysis) is 1. The lowest BCUT2D eigenvalue weighted by Gasteiger charge is -2.58. The van der Waals surface area contributed by atoms with Crippen molar-refractivity contribution in [2.24, 2.45) is 46.3 Å². The van der Waals surface area contributed by atoms with Crippen LogP contribution in [0.3, 0.4) is 0 Å². The molecular formula is C42H65NO11. The number of carbonyl (C=O) groups excluding carboxylic acids is 5. The molecule has 1 saturated heterocycles. The zero-order valence-corrected chi connectivity index (χ0v) is 34.0. The Hall–Kier alpha value is -3.15. The van der Waals surface area contributed by atoms with E-state index in [0.29, 0.717) is 30.1 Å². The first-order valence-corrected chi connectivity index (χ1v) is 20.4. The fourth-order valence-electron chi connectivity index (χ4n) is 11.4. The van der Waals surface area contributed by atoms with Crippen LogP contribution in [-0.4, -0.2) is 73.3 Å². The lowest BCUT2D eigenvalue weighted by Crippen LogP contribution is -2.66. The van der Waals surface area contributed by atoms with E-state index in [2.05, 4.69) is 46.0 Å². The van der Waals surface area contributed by atoms with Crippen LogP contribution in [0.2, 0.25) is 0 Å². The highest BCUT2D eigenvalue weighted by Gasteiger charge is 2.59. The summed E-state index contributed by atoms with van der Waals surface area (Å²) in [4.78, 5) is 61.7. The monoisotopic (exact) mass is 759 g/mol. The number of hydrogen-bond acceptors (Lipinski definition) is 11. The fraction of sp³-hybridized carbons (Fsp3) is 0.833. The van der Waals surface area contributed by atoms with Gasteiger partial charge in [0.15, 0.2) is 24.5 Å². The Morgan fingerprint density at radius 2 is 1.46 bits per heavy atom. The largest absolute Gasteiger partial charge is 0.463 e. The molecule has 3 saturated carbocycles. The van der Waals surface area contributed by atoms with Gasteiger partial charge in [-0.25, -0.2) is 4.79 Å². The van der Waals surface area contributed by atoms with Gasteiger partial charge in [-0.2, -0.15) is 0 Å². The van der Waals surface area contributed by atoms with Crippen molar-refractivity contribution in [2.75, 3.05) is 6.61 Å². The van der Waals surface area contributed by atoms with Crippen molar-refractivity contribution < 1.29 is 52.4 Å². The SMILES string of the molecule is CC(=O)OC[C@H]1O[C@@H](NC(=O)O[C@H]2CC[C@@]3(C)C(=CC[C@H]4[C@@H]5CC[C@H]([C@H](C)CCCC(C)C)[C@@]5(C)CC[C@@H]43)C2)[C@H](OC(C)=O)[C@@H](OC(C)=O)[C@@H]1OC(C)=O. The molecule has 0 unspecified atom stereocenters. The van der Waals surface area contributed by atoms with Gasteiger partial charge in [0.1, 0.15) is 18.8 Å². The Bertz CT molecular complexity index is 1430. The molecule has 12 nitrogen and oxygen atoms in total. The van der Waals surface area contributed by atoms with Crippen LogP contribution in [0, 0.1) is 46.3 Å². The summed E-state index contributed by atoms with van der Waals surface area (Å²) in [7, 11) is 0. The Labute approximate surface area is 321 Å².